The summed E-state index contributed by atoms with van der Waals surface area (Å²) in [7, 11) is 0. The van der Waals surface area contributed by atoms with Crippen molar-refractivity contribution in [1.29, 1.82) is 0 Å². The van der Waals surface area contributed by atoms with Gasteiger partial charge < -0.3 is 25.8 Å². The number of hydrogen-bond acceptors (Lipinski definition) is 5. The van der Waals surface area contributed by atoms with E-state index in [0.717, 1.165) is 22.3 Å². The normalized spacial score (nSPS) is 13.7. The fourth-order valence-electron chi connectivity index (χ4n) is 4.03. The summed E-state index contributed by atoms with van der Waals surface area (Å²) in [4.78, 5) is 48.1. The van der Waals surface area contributed by atoms with Crippen LogP contribution in [0.3, 0.4) is 0 Å². The highest BCUT2D eigenvalue weighted by Gasteiger charge is 2.30. The standard InChI is InChI=1S/C25H29N3O6/c1-3-26-23(31)15(2)27-24(32)21(12-13-22(29)30)28-25(33)34-14-20-18-10-6-4-8-16(18)17-9-5-7-11-19(17)20/h4-11,15,20-21H,3,12-14H2,1-2H3,(H,26,31)(H,27,32)(H,28,33)(H,29,30). The Morgan fingerprint density at radius 3 is 2.09 bits per heavy atom. The molecule has 2 aromatic rings. The minimum absolute atomic E-state index is 0.0580. The Morgan fingerprint density at radius 2 is 1.53 bits per heavy atom. The number of amides is 3. The zero-order valence-corrected chi connectivity index (χ0v) is 19.2. The highest BCUT2D eigenvalue weighted by molar-refractivity contribution is 5.91. The zero-order valence-electron chi connectivity index (χ0n) is 19.2. The van der Waals surface area contributed by atoms with Crippen LogP contribution in [0.5, 0.6) is 0 Å². The monoisotopic (exact) mass is 467 g/mol. The van der Waals surface area contributed by atoms with E-state index >= 15 is 0 Å². The van der Waals surface area contributed by atoms with Crippen molar-refractivity contribution in [3.63, 3.8) is 0 Å². The molecule has 0 fully saturated rings. The van der Waals surface area contributed by atoms with Gasteiger partial charge in [0.2, 0.25) is 11.8 Å². The zero-order chi connectivity index (χ0) is 24.7. The molecule has 180 valence electrons. The summed E-state index contributed by atoms with van der Waals surface area (Å²) in [6, 6.07) is 13.8. The van der Waals surface area contributed by atoms with E-state index in [1.165, 1.54) is 6.92 Å². The van der Waals surface area contributed by atoms with Crippen LogP contribution < -0.4 is 16.0 Å². The Hall–Kier alpha value is -3.88. The molecular formula is C25H29N3O6. The van der Waals surface area contributed by atoms with Crippen molar-refractivity contribution in [3.8, 4) is 11.1 Å². The summed E-state index contributed by atoms with van der Waals surface area (Å²) >= 11 is 0. The van der Waals surface area contributed by atoms with Crippen LogP contribution in [0.4, 0.5) is 4.79 Å². The third-order valence-corrected chi connectivity index (χ3v) is 5.70. The first-order chi connectivity index (χ1) is 16.3. The molecule has 1 aliphatic carbocycles. The van der Waals surface area contributed by atoms with Crippen LogP contribution in [0.1, 0.15) is 43.7 Å². The van der Waals surface area contributed by atoms with Crippen LogP contribution in [0.2, 0.25) is 0 Å². The first-order valence-corrected chi connectivity index (χ1v) is 11.2. The molecule has 2 unspecified atom stereocenters. The van der Waals surface area contributed by atoms with Gasteiger partial charge in [-0.3, -0.25) is 14.4 Å². The highest BCUT2D eigenvalue weighted by Crippen LogP contribution is 2.44. The van der Waals surface area contributed by atoms with Gasteiger partial charge in [0.05, 0.1) is 0 Å². The number of benzene rings is 2. The molecule has 0 saturated carbocycles. The van der Waals surface area contributed by atoms with Gasteiger partial charge in [0.1, 0.15) is 18.7 Å². The van der Waals surface area contributed by atoms with Crippen LogP contribution in [0.25, 0.3) is 11.1 Å². The number of carbonyl (C=O) groups excluding carboxylic acids is 3. The number of carbonyl (C=O) groups is 4. The molecule has 2 atom stereocenters. The van der Waals surface area contributed by atoms with E-state index in [1.807, 2.05) is 48.5 Å². The first kappa shape index (κ1) is 24.8. The fraction of sp³-hybridized carbons (Fsp3) is 0.360. The number of hydrogen-bond donors (Lipinski definition) is 4. The summed E-state index contributed by atoms with van der Waals surface area (Å²) in [5.41, 5.74) is 4.27. The second-order valence-corrected chi connectivity index (χ2v) is 8.08. The van der Waals surface area contributed by atoms with Crippen molar-refractivity contribution in [2.75, 3.05) is 13.2 Å². The molecule has 0 bridgehead atoms. The van der Waals surface area contributed by atoms with Crippen molar-refractivity contribution < 1.29 is 29.0 Å². The summed E-state index contributed by atoms with van der Waals surface area (Å²) in [6.07, 6.45) is -1.32. The van der Waals surface area contributed by atoms with Gasteiger partial charge in [0.15, 0.2) is 0 Å². The van der Waals surface area contributed by atoms with Crippen molar-refractivity contribution in [2.45, 2.75) is 44.7 Å². The molecule has 3 amide bonds. The Labute approximate surface area is 197 Å². The van der Waals surface area contributed by atoms with Crippen LogP contribution in [0.15, 0.2) is 48.5 Å². The lowest BCUT2D eigenvalue weighted by atomic mass is 9.98. The van der Waals surface area contributed by atoms with E-state index in [2.05, 4.69) is 16.0 Å². The van der Waals surface area contributed by atoms with E-state index in [-0.39, 0.29) is 31.3 Å². The quantitative estimate of drug-likeness (QED) is 0.424. The molecule has 0 saturated heterocycles. The number of likely N-dealkylation sites (N-methyl/N-ethyl adjacent to an activating group) is 1. The van der Waals surface area contributed by atoms with E-state index in [4.69, 9.17) is 9.84 Å². The van der Waals surface area contributed by atoms with Gasteiger partial charge in [-0.25, -0.2) is 4.79 Å². The van der Waals surface area contributed by atoms with Gasteiger partial charge in [0.25, 0.3) is 0 Å². The third-order valence-electron chi connectivity index (χ3n) is 5.70. The molecule has 3 rings (SSSR count). The Kier molecular flexibility index (Phi) is 8.24. The van der Waals surface area contributed by atoms with Crippen LogP contribution in [0, 0.1) is 0 Å². The largest absolute Gasteiger partial charge is 0.481 e. The van der Waals surface area contributed by atoms with E-state index < -0.39 is 30.1 Å². The number of nitrogens with one attached hydrogen (secondary N) is 3. The molecule has 34 heavy (non-hydrogen) atoms. The van der Waals surface area contributed by atoms with Gasteiger partial charge >= 0.3 is 12.1 Å². The van der Waals surface area contributed by atoms with Gasteiger partial charge in [-0.1, -0.05) is 48.5 Å². The Balaban J connectivity index is 1.65. The van der Waals surface area contributed by atoms with Crippen LogP contribution in [-0.2, 0) is 19.1 Å². The molecule has 0 aliphatic heterocycles. The van der Waals surface area contributed by atoms with E-state index in [1.54, 1.807) is 6.92 Å². The summed E-state index contributed by atoms with van der Waals surface area (Å²) in [5.74, 6) is -2.30. The van der Waals surface area contributed by atoms with Gasteiger partial charge in [0, 0.05) is 18.9 Å². The molecule has 0 spiro atoms. The lowest BCUT2D eigenvalue weighted by molar-refractivity contribution is -0.137. The van der Waals surface area contributed by atoms with Crippen molar-refractivity contribution in [1.82, 2.24) is 16.0 Å². The smallest absolute Gasteiger partial charge is 0.407 e. The molecule has 9 heteroatoms. The maximum Gasteiger partial charge on any atom is 0.407 e. The predicted molar refractivity (Wildman–Crippen MR) is 125 cm³/mol. The molecule has 9 nitrogen and oxygen atoms in total. The lowest BCUT2D eigenvalue weighted by Gasteiger charge is -2.21. The first-order valence-electron chi connectivity index (χ1n) is 11.2. The number of carboxylic acid groups (broad SMARTS) is 1. The average Bonchev–Trinajstić information content (AvgIpc) is 3.14. The molecule has 0 heterocycles. The van der Waals surface area contributed by atoms with Gasteiger partial charge in [-0.15, -0.1) is 0 Å². The SMILES string of the molecule is CCNC(=O)C(C)NC(=O)C(CCC(=O)O)NC(=O)OCC1c2ccccc2-c2ccccc21. The number of carboxylic acids is 1. The van der Waals surface area contributed by atoms with E-state index in [0.29, 0.717) is 6.54 Å². The lowest BCUT2D eigenvalue weighted by Crippen LogP contribution is -2.53. The Bertz CT molecular complexity index is 1020. The number of fused-ring (bicyclic) bond motifs is 3. The van der Waals surface area contributed by atoms with Crippen molar-refractivity contribution in [2.24, 2.45) is 0 Å². The molecule has 2 aromatic carbocycles. The number of aliphatic carboxylic acids is 1. The maximum absolute atomic E-state index is 12.6. The summed E-state index contributed by atoms with van der Waals surface area (Å²) < 4.78 is 5.46. The average molecular weight is 468 g/mol. The summed E-state index contributed by atoms with van der Waals surface area (Å²) in [5, 5.41) is 16.6. The highest BCUT2D eigenvalue weighted by atomic mass is 16.5. The van der Waals surface area contributed by atoms with Crippen LogP contribution >= 0.6 is 0 Å². The number of alkyl carbamates (subject to hydrolysis) is 1. The topological polar surface area (TPSA) is 134 Å². The summed E-state index contributed by atoms with van der Waals surface area (Å²) in [6.45, 7) is 3.72. The third kappa shape index (κ3) is 5.92. The molecular weight excluding hydrogens is 438 g/mol. The van der Waals surface area contributed by atoms with Crippen molar-refractivity contribution in [3.05, 3.63) is 59.7 Å². The predicted octanol–water partition coefficient (Wildman–Crippen LogP) is 2.40. The van der Waals surface area contributed by atoms with Crippen LogP contribution in [-0.4, -0.2) is 54.2 Å². The fourth-order valence-corrected chi connectivity index (χ4v) is 4.03. The minimum atomic E-state index is -1.16. The molecule has 4 N–H and O–H groups in total. The van der Waals surface area contributed by atoms with Gasteiger partial charge in [-0.2, -0.15) is 0 Å². The van der Waals surface area contributed by atoms with E-state index in [9.17, 15) is 19.2 Å². The van der Waals surface area contributed by atoms with Gasteiger partial charge in [-0.05, 0) is 42.5 Å². The van der Waals surface area contributed by atoms with Crippen molar-refractivity contribution >= 4 is 23.9 Å². The second kappa shape index (κ2) is 11.3. The molecule has 1 aliphatic rings. The number of ether oxygens (including phenoxy) is 1. The molecule has 0 radical (unpaired) electrons. The second-order valence-electron chi connectivity index (χ2n) is 8.08. The maximum atomic E-state index is 12.6. The Morgan fingerprint density at radius 1 is 0.941 bits per heavy atom. The minimum Gasteiger partial charge on any atom is -0.481 e. The number of rotatable bonds is 10. The molecule has 0 aromatic heterocycles.